The first kappa shape index (κ1) is 15.7. The molecule has 0 aliphatic carbocycles. The van der Waals surface area contributed by atoms with Crippen LogP contribution in [0.4, 0.5) is 0 Å². The van der Waals surface area contributed by atoms with E-state index in [-0.39, 0.29) is 0 Å². The van der Waals surface area contributed by atoms with Gasteiger partial charge in [0, 0.05) is 0 Å². The molecule has 0 aromatic rings. The van der Waals surface area contributed by atoms with E-state index in [1.807, 2.05) is 19.9 Å². The summed E-state index contributed by atoms with van der Waals surface area (Å²) in [5.74, 6) is -3.88. The fourth-order valence-electron chi connectivity index (χ4n) is 1.75. The number of rotatable bonds is 7. The van der Waals surface area contributed by atoms with Gasteiger partial charge in [-0.05, 0) is 31.6 Å². The highest BCUT2D eigenvalue weighted by Crippen LogP contribution is 2.33. The molecule has 17 heavy (non-hydrogen) atoms. The average Bonchev–Trinajstić information content (AvgIpc) is 2.14. The van der Waals surface area contributed by atoms with Gasteiger partial charge in [-0.25, -0.2) is 0 Å². The molecule has 0 rings (SSSR count). The van der Waals surface area contributed by atoms with Crippen LogP contribution < -0.4 is 0 Å². The third-order valence-corrected chi connectivity index (χ3v) is 3.11. The van der Waals surface area contributed by atoms with Gasteiger partial charge in [-0.1, -0.05) is 32.4 Å². The molecule has 0 aliphatic rings. The van der Waals surface area contributed by atoms with Crippen molar-refractivity contribution < 1.29 is 19.8 Å². The molecule has 0 bridgehead atoms. The monoisotopic (exact) mass is 242 g/mol. The molecule has 0 spiro atoms. The molecular weight excluding hydrogens is 220 g/mol. The fraction of sp³-hybridized carbons (Fsp3) is 0.692. The van der Waals surface area contributed by atoms with Crippen LogP contribution in [0.25, 0.3) is 0 Å². The maximum Gasteiger partial charge on any atom is 0.318 e. The molecule has 0 amide bonds. The van der Waals surface area contributed by atoms with E-state index in [1.54, 1.807) is 13.8 Å². The summed E-state index contributed by atoms with van der Waals surface area (Å²) in [6, 6.07) is 0. The first-order valence-corrected chi connectivity index (χ1v) is 5.83. The molecule has 0 aromatic carbocycles. The van der Waals surface area contributed by atoms with Crippen LogP contribution in [-0.4, -0.2) is 22.2 Å². The summed E-state index contributed by atoms with van der Waals surface area (Å²) in [4.78, 5) is 21.9. The third-order valence-electron chi connectivity index (χ3n) is 3.11. The van der Waals surface area contributed by atoms with Crippen molar-refractivity contribution in [2.24, 2.45) is 11.3 Å². The van der Waals surface area contributed by atoms with E-state index in [0.29, 0.717) is 12.8 Å². The number of allylic oxidation sites excluding steroid dienone is 2. The number of carboxylic acid groups (broad SMARTS) is 2. The van der Waals surface area contributed by atoms with Gasteiger partial charge >= 0.3 is 11.9 Å². The normalized spacial score (nSPS) is 12.9. The Bertz CT molecular complexity index is 301. The Hall–Kier alpha value is -1.32. The van der Waals surface area contributed by atoms with Gasteiger partial charge in [0.05, 0.1) is 0 Å². The molecule has 4 nitrogen and oxygen atoms in total. The summed E-state index contributed by atoms with van der Waals surface area (Å²) in [5.41, 5.74) is 0.491. The number of aliphatic carboxylic acids is 2. The lowest BCUT2D eigenvalue weighted by molar-refractivity contribution is -0.160. The number of hydrogen-bond acceptors (Lipinski definition) is 2. The number of hydrogen-bond donors (Lipinski definition) is 2. The van der Waals surface area contributed by atoms with E-state index in [9.17, 15) is 9.59 Å². The highest BCUT2D eigenvalue weighted by atomic mass is 16.4. The fourth-order valence-corrected chi connectivity index (χ4v) is 1.75. The molecule has 2 N–H and O–H groups in total. The van der Waals surface area contributed by atoms with Gasteiger partial charge in [-0.2, -0.15) is 0 Å². The summed E-state index contributed by atoms with van der Waals surface area (Å²) in [6.45, 7) is 7.44. The van der Waals surface area contributed by atoms with Crippen molar-refractivity contribution in [3.05, 3.63) is 11.6 Å². The van der Waals surface area contributed by atoms with Gasteiger partial charge in [-0.3, -0.25) is 9.59 Å². The van der Waals surface area contributed by atoms with Crippen LogP contribution in [0.5, 0.6) is 0 Å². The summed E-state index contributed by atoms with van der Waals surface area (Å²) >= 11 is 0. The molecule has 0 heterocycles. The van der Waals surface area contributed by atoms with Gasteiger partial charge in [0.15, 0.2) is 5.92 Å². The van der Waals surface area contributed by atoms with Crippen LogP contribution in [0, 0.1) is 11.3 Å². The van der Waals surface area contributed by atoms with Crippen molar-refractivity contribution in [2.75, 3.05) is 0 Å². The molecule has 0 saturated heterocycles. The average molecular weight is 242 g/mol. The third kappa shape index (κ3) is 5.02. The van der Waals surface area contributed by atoms with Crippen molar-refractivity contribution >= 4 is 11.9 Å². The zero-order valence-corrected chi connectivity index (χ0v) is 11.0. The smallest absolute Gasteiger partial charge is 0.318 e. The van der Waals surface area contributed by atoms with Gasteiger partial charge in [0.1, 0.15) is 0 Å². The Labute approximate surface area is 102 Å². The Morgan fingerprint density at radius 2 is 1.71 bits per heavy atom. The minimum absolute atomic E-state index is 0.549. The Morgan fingerprint density at radius 3 is 2.06 bits per heavy atom. The van der Waals surface area contributed by atoms with Crippen molar-refractivity contribution in [2.45, 2.75) is 47.0 Å². The summed E-state index contributed by atoms with van der Waals surface area (Å²) in [7, 11) is 0. The second-order valence-electron chi connectivity index (χ2n) is 5.04. The van der Waals surface area contributed by atoms with E-state index < -0.39 is 23.3 Å². The minimum atomic E-state index is -1.35. The largest absolute Gasteiger partial charge is 0.481 e. The van der Waals surface area contributed by atoms with Crippen molar-refractivity contribution in [1.82, 2.24) is 0 Å². The molecule has 0 unspecified atom stereocenters. The van der Waals surface area contributed by atoms with Crippen LogP contribution in [0.1, 0.15) is 47.0 Å². The first-order valence-electron chi connectivity index (χ1n) is 5.83. The molecule has 0 radical (unpaired) electrons. The van der Waals surface area contributed by atoms with E-state index in [1.165, 1.54) is 5.57 Å². The Morgan fingerprint density at radius 1 is 1.24 bits per heavy atom. The SMILES string of the molecule is CC/C(C)=C/CCC(C)(C)C(C(=O)O)C(=O)O. The van der Waals surface area contributed by atoms with Crippen molar-refractivity contribution in [1.29, 1.82) is 0 Å². The van der Waals surface area contributed by atoms with Gasteiger partial charge < -0.3 is 10.2 Å². The zero-order chi connectivity index (χ0) is 13.6. The van der Waals surface area contributed by atoms with Crippen LogP contribution in [0.3, 0.4) is 0 Å². The maximum absolute atomic E-state index is 10.9. The lowest BCUT2D eigenvalue weighted by Gasteiger charge is -2.28. The molecule has 4 heteroatoms. The minimum Gasteiger partial charge on any atom is -0.481 e. The second kappa shape index (κ2) is 6.42. The van der Waals surface area contributed by atoms with Gasteiger partial charge in [0.25, 0.3) is 0 Å². The molecule has 0 aliphatic heterocycles. The summed E-state index contributed by atoms with van der Waals surface area (Å²) in [5, 5.41) is 17.9. The number of carbonyl (C=O) groups is 2. The molecule has 98 valence electrons. The van der Waals surface area contributed by atoms with E-state index in [0.717, 1.165) is 6.42 Å². The molecule has 0 aromatic heterocycles. The topological polar surface area (TPSA) is 74.6 Å². The van der Waals surface area contributed by atoms with Crippen LogP contribution >= 0.6 is 0 Å². The van der Waals surface area contributed by atoms with Gasteiger partial charge in [-0.15, -0.1) is 0 Å². The second-order valence-corrected chi connectivity index (χ2v) is 5.04. The highest BCUT2D eigenvalue weighted by molar-refractivity contribution is 5.93. The van der Waals surface area contributed by atoms with Gasteiger partial charge in [0.2, 0.25) is 0 Å². The first-order chi connectivity index (χ1) is 7.72. The van der Waals surface area contributed by atoms with E-state index >= 15 is 0 Å². The Balaban J connectivity index is 4.64. The molecule has 0 fully saturated rings. The Kier molecular flexibility index (Phi) is 5.93. The summed E-state index contributed by atoms with van der Waals surface area (Å²) < 4.78 is 0. The lowest BCUT2D eigenvalue weighted by Crippen LogP contribution is -2.37. The van der Waals surface area contributed by atoms with Crippen LogP contribution in [0.15, 0.2) is 11.6 Å². The molecular formula is C13H22O4. The predicted octanol–water partition coefficient (Wildman–Crippen LogP) is 2.93. The molecule has 0 atom stereocenters. The molecule has 0 saturated carbocycles. The van der Waals surface area contributed by atoms with Crippen molar-refractivity contribution in [3.8, 4) is 0 Å². The van der Waals surface area contributed by atoms with E-state index in [4.69, 9.17) is 10.2 Å². The zero-order valence-electron chi connectivity index (χ0n) is 11.0. The van der Waals surface area contributed by atoms with Crippen LogP contribution in [0.2, 0.25) is 0 Å². The summed E-state index contributed by atoms with van der Waals surface area (Å²) in [6.07, 6.45) is 4.27. The highest BCUT2D eigenvalue weighted by Gasteiger charge is 2.40. The lowest BCUT2D eigenvalue weighted by atomic mass is 9.75. The maximum atomic E-state index is 10.9. The quantitative estimate of drug-likeness (QED) is 0.531. The van der Waals surface area contributed by atoms with Crippen LogP contribution in [-0.2, 0) is 9.59 Å². The van der Waals surface area contributed by atoms with E-state index in [2.05, 4.69) is 0 Å². The predicted molar refractivity (Wildman–Crippen MR) is 65.8 cm³/mol. The standard InChI is InChI=1S/C13H22O4/c1-5-9(2)7-6-8-13(3,4)10(11(14)15)12(16)17/h7,10H,5-6,8H2,1-4H3,(H,14,15)(H,16,17)/b9-7+. The van der Waals surface area contributed by atoms with Crippen molar-refractivity contribution in [3.63, 3.8) is 0 Å². The number of carboxylic acids is 2.